The first kappa shape index (κ1) is 17.1. The van der Waals surface area contributed by atoms with Crippen LogP contribution in [0.3, 0.4) is 0 Å². The second-order valence-corrected chi connectivity index (χ2v) is 5.64. The minimum absolute atomic E-state index is 0.122. The van der Waals surface area contributed by atoms with E-state index < -0.39 is 0 Å². The van der Waals surface area contributed by atoms with E-state index in [2.05, 4.69) is 20.3 Å². The second-order valence-electron chi connectivity index (χ2n) is 5.64. The van der Waals surface area contributed by atoms with Gasteiger partial charge in [0.15, 0.2) is 0 Å². The first-order valence-corrected chi connectivity index (χ1v) is 8.03. The lowest BCUT2D eigenvalue weighted by Gasteiger charge is -2.06. The van der Waals surface area contributed by atoms with Crippen molar-refractivity contribution < 1.29 is 5.11 Å². The van der Waals surface area contributed by atoms with Crippen molar-refractivity contribution in [2.75, 3.05) is 18.5 Å². The monoisotopic (exact) mass is 316 g/mol. The number of aliphatic hydroxyl groups excluding tert-OH is 1. The molecule has 0 amide bonds. The van der Waals surface area contributed by atoms with Crippen LogP contribution in [0.1, 0.15) is 42.5 Å². The van der Waals surface area contributed by atoms with Crippen molar-refractivity contribution in [3.8, 4) is 0 Å². The quantitative estimate of drug-likeness (QED) is 0.616. The Hall–Kier alpha value is -2.21. The van der Waals surface area contributed by atoms with Crippen LogP contribution in [0.25, 0.3) is 0 Å². The summed E-state index contributed by atoms with van der Waals surface area (Å²) < 4.78 is 0. The van der Waals surface area contributed by atoms with Crippen molar-refractivity contribution in [2.24, 2.45) is 0 Å². The SMILES string of the molecule is Cc1ccc(Cc2cnc(NCCCCCCO)[nH]c2=O)cn1. The zero-order valence-electron chi connectivity index (χ0n) is 13.5. The van der Waals surface area contributed by atoms with Crippen molar-refractivity contribution >= 4 is 5.95 Å². The molecule has 0 saturated heterocycles. The van der Waals surface area contributed by atoms with Crippen molar-refractivity contribution in [2.45, 2.75) is 39.0 Å². The van der Waals surface area contributed by atoms with Crippen molar-refractivity contribution in [3.05, 3.63) is 51.7 Å². The van der Waals surface area contributed by atoms with Crippen molar-refractivity contribution in [1.82, 2.24) is 15.0 Å². The van der Waals surface area contributed by atoms with Gasteiger partial charge >= 0.3 is 0 Å². The maximum Gasteiger partial charge on any atom is 0.255 e. The van der Waals surface area contributed by atoms with Crippen LogP contribution in [0.2, 0.25) is 0 Å². The fourth-order valence-corrected chi connectivity index (χ4v) is 2.26. The van der Waals surface area contributed by atoms with Gasteiger partial charge in [-0.15, -0.1) is 0 Å². The number of rotatable bonds is 9. The number of anilines is 1. The van der Waals surface area contributed by atoms with Gasteiger partial charge in [-0.2, -0.15) is 0 Å². The Labute approximate surface area is 136 Å². The lowest BCUT2D eigenvalue weighted by atomic mass is 10.1. The molecule has 0 aromatic carbocycles. The molecule has 3 N–H and O–H groups in total. The molecule has 23 heavy (non-hydrogen) atoms. The zero-order chi connectivity index (χ0) is 16.5. The normalized spacial score (nSPS) is 10.7. The number of aryl methyl sites for hydroxylation is 1. The number of hydrogen-bond acceptors (Lipinski definition) is 5. The van der Waals surface area contributed by atoms with Crippen molar-refractivity contribution in [1.29, 1.82) is 0 Å². The molecule has 0 unspecified atom stereocenters. The number of aliphatic hydroxyl groups is 1. The second kappa shape index (κ2) is 9.05. The van der Waals surface area contributed by atoms with Crippen LogP contribution in [0.4, 0.5) is 5.95 Å². The van der Waals surface area contributed by atoms with E-state index in [9.17, 15) is 4.79 Å². The molecule has 6 nitrogen and oxygen atoms in total. The smallest absolute Gasteiger partial charge is 0.255 e. The molecule has 0 saturated carbocycles. The molecule has 0 atom stereocenters. The largest absolute Gasteiger partial charge is 0.396 e. The molecule has 124 valence electrons. The van der Waals surface area contributed by atoms with Crippen LogP contribution >= 0.6 is 0 Å². The fraction of sp³-hybridized carbons (Fsp3) is 0.471. The Kier molecular flexibility index (Phi) is 6.75. The summed E-state index contributed by atoms with van der Waals surface area (Å²) in [6.07, 6.45) is 7.83. The third-order valence-electron chi connectivity index (χ3n) is 3.62. The summed E-state index contributed by atoms with van der Waals surface area (Å²) in [7, 11) is 0. The molecule has 6 heteroatoms. The van der Waals surface area contributed by atoms with Crippen molar-refractivity contribution in [3.63, 3.8) is 0 Å². The van der Waals surface area contributed by atoms with Gasteiger partial charge in [0.2, 0.25) is 5.95 Å². The van der Waals surface area contributed by atoms with Gasteiger partial charge in [-0.3, -0.25) is 14.8 Å². The Bertz CT molecular complexity index is 652. The summed E-state index contributed by atoms with van der Waals surface area (Å²) in [6.45, 7) is 2.94. The van der Waals surface area contributed by atoms with Gasteiger partial charge in [-0.05, 0) is 31.4 Å². The van der Waals surface area contributed by atoms with E-state index in [1.54, 1.807) is 12.4 Å². The zero-order valence-corrected chi connectivity index (χ0v) is 13.5. The first-order valence-electron chi connectivity index (χ1n) is 8.03. The number of H-pyrrole nitrogens is 1. The Morgan fingerprint density at radius 3 is 2.65 bits per heavy atom. The summed E-state index contributed by atoms with van der Waals surface area (Å²) in [6, 6.07) is 3.91. The predicted octanol–water partition coefficient (Wildman–Crippen LogP) is 2.03. The molecular weight excluding hydrogens is 292 g/mol. The Morgan fingerprint density at radius 2 is 1.96 bits per heavy atom. The number of aromatic nitrogens is 3. The molecule has 0 aliphatic carbocycles. The molecule has 0 spiro atoms. The van der Waals surface area contributed by atoms with Crippen LogP contribution in [0.5, 0.6) is 0 Å². The van der Waals surface area contributed by atoms with E-state index in [4.69, 9.17) is 5.11 Å². The van der Waals surface area contributed by atoms with Crippen LogP contribution in [-0.2, 0) is 6.42 Å². The molecule has 2 aromatic heterocycles. The maximum absolute atomic E-state index is 12.1. The highest BCUT2D eigenvalue weighted by atomic mass is 16.2. The summed E-state index contributed by atoms with van der Waals surface area (Å²) >= 11 is 0. The van der Waals surface area contributed by atoms with Gasteiger partial charge in [-0.1, -0.05) is 18.9 Å². The van der Waals surface area contributed by atoms with Crippen LogP contribution in [0, 0.1) is 6.92 Å². The lowest BCUT2D eigenvalue weighted by Crippen LogP contribution is -2.17. The summed E-state index contributed by atoms with van der Waals surface area (Å²) in [5.41, 5.74) is 2.46. The highest BCUT2D eigenvalue weighted by Crippen LogP contribution is 2.06. The Morgan fingerprint density at radius 1 is 1.13 bits per heavy atom. The highest BCUT2D eigenvalue weighted by molar-refractivity contribution is 5.27. The van der Waals surface area contributed by atoms with Gasteiger partial charge in [-0.25, -0.2) is 4.98 Å². The number of nitrogens with one attached hydrogen (secondary N) is 2. The van der Waals surface area contributed by atoms with Gasteiger partial charge in [0.1, 0.15) is 0 Å². The summed E-state index contributed by atoms with van der Waals surface area (Å²) in [5, 5.41) is 11.8. The van der Waals surface area contributed by atoms with E-state index in [0.717, 1.165) is 43.5 Å². The average molecular weight is 316 g/mol. The van der Waals surface area contributed by atoms with Crippen LogP contribution < -0.4 is 10.9 Å². The van der Waals surface area contributed by atoms with E-state index in [1.165, 1.54) is 0 Å². The van der Waals surface area contributed by atoms with Crippen LogP contribution in [-0.4, -0.2) is 33.2 Å². The fourth-order valence-electron chi connectivity index (χ4n) is 2.26. The maximum atomic E-state index is 12.1. The minimum atomic E-state index is -0.122. The van der Waals surface area contributed by atoms with Gasteiger partial charge < -0.3 is 10.4 Å². The lowest BCUT2D eigenvalue weighted by molar-refractivity contribution is 0.283. The number of unbranched alkanes of at least 4 members (excludes halogenated alkanes) is 3. The predicted molar refractivity (Wildman–Crippen MR) is 90.7 cm³/mol. The number of hydrogen-bond donors (Lipinski definition) is 3. The van der Waals surface area contributed by atoms with Gasteiger partial charge in [0.25, 0.3) is 5.56 Å². The standard InChI is InChI=1S/C17H24N4O2/c1-13-6-7-14(11-19-13)10-15-12-20-17(21-16(15)23)18-8-4-2-3-5-9-22/h6-7,11-12,22H,2-5,8-10H2,1H3,(H2,18,20,21,23). The Balaban J connectivity index is 1.85. The first-order chi connectivity index (χ1) is 11.2. The number of pyridine rings is 1. The van der Waals surface area contributed by atoms with Gasteiger partial charge in [0.05, 0.1) is 0 Å². The third-order valence-corrected chi connectivity index (χ3v) is 3.62. The number of aromatic amines is 1. The third kappa shape index (κ3) is 5.83. The molecule has 2 rings (SSSR count). The summed E-state index contributed by atoms with van der Waals surface area (Å²) in [4.78, 5) is 23.4. The molecule has 0 fully saturated rings. The molecule has 2 heterocycles. The molecule has 0 aliphatic heterocycles. The topological polar surface area (TPSA) is 90.9 Å². The molecule has 0 aliphatic rings. The van der Waals surface area contributed by atoms with E-state index in [0.29, 0.717) is 17.9 Å². The van der Waals surface area contributed by atoms with E-state index >= 15 is 0 Å². The molecule has 0 radical (unpaired) electrons. The number of nitrogens with zero attached hydrogens (tertiary/aromatic N) is 2. The van der Waals surface area contributed by atoms with Crippen LogP contribution in [0.15, 0.2) is 29.3 Å². The minimum Gasteiger partial charge on any atom is -0.396 e. The van der Waals surface area contributed by atoms with Gasteiger partial charge in [0, 0.05) is 43.2 Å². The average Bonchev–Trinajstić information content (AvgIpc) is 2.55. The highest BCUT2D eigenvalue weighted by Gasteiger charge is 2.04. The molecular formula is C17H24N4O2. The molecule has 2 aromatic rings. The van der Waals surface area contributed by atoms with E-state index in [1.807, 2.05) is 19.1 Å². The molecule has 0 bridgehead atoms. The summed E-state index contributed by atoms with van der Waals surface area (Å²) in [5.74, 6) is 0.503. The van der Waals surface area contributed by atoms with E-state index in [-0.39, 0.29) is 12.2 Å².